The average molecular weight is 452 g/mol. The fourth-order valence-electron chi connectivity index (χ4n) is 2.88. The van der Waals surface area contributed by atoms with Crippen LogP contribution in [0.3, 0.4) is 0 Å². The highest BCUT2D eigenvalue weighted by atomic mass is 35.5. The highest BCUT2D eigenvalue weighted by Gasteiger charge is 2.12. The molecule has 0 atom stereocenters. The van der Waals surface area contributed by atoms with Gasteiger partial charge in [0.05, 0.1) is 10.7 Å². The summed E-state index contributed by atoms with van der Waals surface area (Å²) >= 11 is 11.2. The first-order chi connectivity index (χ1) is 15.1. The lowest BCUT2D eigenvalue weighted by molar-refractivity contribution is 0.0912. The molecule has 3 aromatic carbocycles. The number of amides is 1. The molecule has 1 aromatic heterocycles. The van der Waals surface area contributed by atoms with Crippen molar-refractivity contribution in [3.8, 4) is 5.75 Å². The maximum absolute atomic E-state index is 12.3. The lowest BCUT2D eigenvalue weighted by Gasteiger charge is -2.11. The summed E-state index contributed by atoms with van der Waals surface area (Å²) in [5, 5.41) is 5.83. The number of nitrogens with one attached hydrogen (secondary N) is 3. The summed E-state index contributed by atoms with van der Waals surface area (Å²) in [6, 6.07) is 24.3. The molecule has 4 rings (SSSR count). The monoisotopic (exact) mass is 451 g/mol. The highest BCUT2D eigenvalue weighted by molar-refractivity contribution is 7.80. The van der Waals surface area contributed by atoms with Crippen LogP contribution >= 0.6 is 23.8 Å². The van der Waals surface area contributed by atoms with E-state index in [9.17, 15) is 4.79 Å². The zero-order valence-electron chi connectivity index (χ0n) is 16.2. The summed E-state index contributed by atoms with van der Waals surface area (Å²) < 4.78 is 11.3. The fourth-order valence-corrected chi connectivity index (χ4v) is 3.22. The number of benzene rings is 3. The average Bonchev–Trinajstić information content (AvgIpc) is 3.27. The van der Waals surface area contributed by atoms with Crippen molar-refractivity contribution in [3.05, 3.63) is 95.4 Å². The number of hydrogen-bond acceptors (Lipinski definition) is 4. The van der Waals surface area contributed by atoms with E-state index in [1.54, 1.807) is 24.3 Å². The summed E-state index contributed by atoms with van der Waals surface area (Å²) in [4.78, 5) is 12.3. The minimum Gasteiger partial charge on any atom is -0.486 e. The fraction of sp³-hybridized carbons (Fsp3) is 0.0435. The first-order valence-electron chi connectivity index (χ1n) is 9.41. The number of carbonyl (C=O) groups is 1. The molecule has 156 valence electrons. The number of anilines is 1. The molecule has 0 saturated carbocycles. The lowest BCUT2D eigenvalue weighted by atomic mass is 10.1. The van der Waals surface area contributed by atoms with Crippen molar-refractivity contribution in [1.29, 1.82) is 0 Å². The number of hydrogen-bond donors (Lipinski definition) is 3. The van der Waals surface area contributed by atoms with Crippen LogP contribution in [-0.4, -0.2) is 11.0 Å². The van der Waals surface area contributed by atoms with Gasteiger partial charge in [-0.25, -0.2) is 0 Å². The smallest absolute Gasteiger partial charge is 0.305 e. The Kier molecular flexibility index (Phi) is 6.35. The number of furan rings is 1. The molecule has 0 fully saturated rings. The molecule has 4 aromatic rings. The molecule has 0 unspecified atom stereocenters. The molecule has 6 nitrogen and oxygen atoms in total. The molecule has 1 amide bonds. The van der Waals surface area contributed by atoms with Crippen molar-refractivity contribution in [2.75, 3.05) is 5.32 Å². The molecule has 0 saturated heterocycles. The van der Waals surface area contributed by atoms with E-state index in [1.807, 2.05) is 54.6 Å². The van der Waals surface area contributed by atoms with Gasteiger partial charge < -0.3 is 14.5 Å². The normalized spacial score (nSPS) is 10.5. The van der Waals surface area contributed by atoms with Crippen LogP contribution in [0.15, 0.2) is 83.3 Å². The van der Waals surface area contributed by atoms with Crippen LogP contribution in [0.5, 0.6) is 5.75 Å². The van der Waals surface area contributed by atoms with Gasteiger partial charge in [-0.1, -0.05) is 54.1 Å². The lowest BCUT2D eigenvalue weighted by Crippen LogP contribution is -2.43. The second kappa shape index (κ2) is 9.51. The Bertz CT molecular complexity index is 1240. The number of fused-ring (bicyclic) bond motifs is 1. The number of rotatable bonds is 5. The van der Waals surface area contributed by atoms with Gasteiger partial charge in [0, 0.05) is 0 Å². The van der Waals surface area contributed by atoms with Gasteiger partial charge in [0.1, 0.15) is 18.1 Å². The molecule has 31 heavy (non-hydrogen) atoms. The van der Waals surface area contributed by atoms with Gasteiger partial charge in [-0.15, -0.1) is 0 Å². The molecule has 3 N–H and O–H groups in total. The van der Waals surface area contributed by atoms with Crippen LogP contribution in [0.1, 0.15) is 16.3 Å². The van der Waals surface area contributed by atoms with Gasteiger partial charge in [0.2, 0.25) is 0 Å². The summed E-state index contributed by atoms with van der Waals surface area (Å²) in [5.41, 5.74) is 5.71. The number of ether oxygens (including phenoxy) is 1. The number of hydrazine groups is 1. The van der Waals surface area contributed by atoms with Gasteiger partial charge in [-0.2, -0.15) is 0 Å². The molecule has 0 bridgehead atoms. The van der Waals surface area contributed by atoms with Crippen LogP contribution in [0, 0.1) is 0 Å². The topological polar surface area (TPSA) is 75.5 Å². The standard InChI is InChI=1S/C23H18ClN3O3S/c24-19-7-3-4-8-20(19)25-23(31)27-26-22(28)21-12-11-18(30-21)14-29-17-10-9-15-5-1-2-6-16(15)13-17/h1-13H,14H2,(H,26,28)(H2,25,27,31). The van der Waals surface area contributed by atoms with Crippen LogP contribution in [-0.2, 0) is 6.61 Å². The zero-order chi connectivity index (χ0) is 21.6. The van der Waals surface area contributed by atoms with Crippen molar-refractivity contribution >= 4 is 51.3 Å². The predicted octanol–water partition coefficient (Wildman–Crippen LogP) is 5.30. The van der Waals surface area contributed by atoms with E-state index in [-0.39, 0.29) is 17.5 Å². The van der Waals surface area contributed by atoms with Gasteiger partial charge in [0.15, 0.2) is 10.9 Å². The Balaban J connectivity index is 1.29. The van der Waals surface area contributed by atoms with Crippen molar-refractivity contribution < 1.29 is 13.9 Å². The van der Waals surface area contributed by atoms with Crippen molar-refractivity contribution in [2.24, 2.45) is 0 Å². The highest BCUT2D eigenvalue weighted by Crippen LogP contribution is 2.22. The van der Waals surface area contributed by atoms with E-state index in [0.29, 0.717) is 16.5 Å². The first kappa shape index (κ1) is 20.7. The quantitative estimate of drug-likeness (QED) is 0.282. The van der Waals surface area contributed by atoms with E-state index in [1.165, 1.54) is 0 Å². The summed E-state index contributed by atoms with van der Waals surface area (Å²) in [6.07, 6.45) is 0. The van der Waals surface area contributed by atoms with E-state index >= 15 is 0 Å². The van der Waals surface area contributed by atoms with Gasteiger partial charge in [-0.3, -0.25) is 15.6 Å². The van der Waals surface area contributed by atoms with Crippen molar-refractivity contribution in [3.63, 3.8) is 0 Å². The molecule has 1 heterocycles. The number of carbonyl (C=O) groups excluding carboxylic acids is 1. The molecule has 0 aliphatic heterocycles. The third-order valence-corrected chi connectivity index (χ3v) is 4.93. The molecule has 0 aliphatic rings. The summed E-state index contributed by atoms with van der Waals surface area (Å²) in [5.74, 6) is 0.902. The van der Waals surface area contributed by atoms with Crippen LogP contribution in [0.4, 0.5) is 5.69 Å². The Labute approximate surface area is 189 Å². The van der Waals surface area contributed by atoms with Gasteiger partial charge in [-0.05, 0) is 59.4 Å². The van der Waals surface area contributed by atoms with Crippen LogP contribution in [0.25, 0.3) is 10.8 Å². The van der Waals surface area contributed by atoms with E-state index in [2.05, 4.69) is 16.2 Å². The number of halogens is 1. The van der Waals surface area contributed by atoms with E-state index in [4.69, 9.17) is 33.0 Å². The van der Waals surface area contributed by atoms with E-state index < -0.39 is 5.91 Å². The van der Waals surface area contributed by atoms with Crippen molar-refractivity contribution in [2.45, 2.75) is 6.61 Å². The number of thiocarbonyl (C=S) groups is 1. The second-order valence-electron chi connectivity index (χ2n) is 6.58. The SMILES string of the molecule is O=C(NNC(=S)Nc1ccccc1Cl)c1ccc(COc2ccc3ccccc3c2)o1. The minimum atomic E-state index is -0.472. The predicted molar refractivity (Wildman–Crippen MR) is 125 cm³/mol. The van der Waals surface area contributed by atoms with Crippen molar-refractivity contribution in [1.82, 2.24) is 10.9 Å². The van der Waals surface area contributed by atoms with Gasteiger partial charge in [0.25, 0.3) is 0 Å². The maximum atomic E-state index is 12.3. The molecule has 0 radical (unpaired) electrons. The summed E-state index contributed by atoms with van der Waals surface area (Å²) in [7, 11) is 0. The molecular formula is C23H18ClN3O3S. The Hall–Kier alpha value is -3.55. The molecule has 0 aliphatic carbocycles. The maximum Gasteiger partial charge on any atom is 0.305 e. The zero-order valence-corrected chi connectivity index (χ0v) is 17.8. The molecular weight excluding hydrogens is 434 g/mol. The van der Waals surface area contributed by atoms with Crippen LogP contribution < -0.4 is 20.9 Å². The second-order valence-corrected chi connectivity index (χ2v) is 7.39. The first-order valence-corrected chi connectivity index (χ1v) is 10.2. The van der Waals surface area contributed by atoms with Crippen LogP contribution in [0.2, 0.25) is 5.02 Å². The Morgan fingerprint density at radius 3 is 2.55 bits per heavy atom. The number of para-hydroxylation sites is 1. The summed E-state index contributed by atoms with van der Waals surface area (Å²) in [6.45, 7) is 0.200. The largest absolute Gasteiger partial charge is 0.486 e. The molecule has 0 spiro atoms. The Morgan fingerprint density at radius 2 is 1.71 bits per heavy atom. The minimum absolute atomic E-state index is 0.130. The molecule has 8 heteroatoms. The third-order valence-electron chi connectivity index (χ3n) is 4.40. The van der Waals surface area contributed by atoms with Gasteiger partial charge >= 0.3 is 5.91 Å². The third kappa shape index (κ3) is 5.33. The van der Waals surface area contributed by atoms with E-state index in [0.717, 1.165) is 16.5 Å². The Morgan fingerprint density at radius 1 is 0.935 bits per heavy atom.